The van der Waals surface area contributed by atoms with Crippen LogP contribution < -0.4 is 0 Å². The van der Waals surface area contributed by atoms with Crippen molar-refractivity contribution in [1.29, 1.82) is 0 Å². The quantitative estimate of drug-likeness (QED) is 0.0211. The lowest BCUT2D eigenvalue weighted by atomic mass is 10.1. The van der Waals surface area contributed by atoms with Gasteiger partial charge in [-0.25, -0.2) is 4.57 Å². The fraction of sp³-hybridized carbons (Fsp3) is 0.568. The van der Waals surface area contributed by atoms with Gasteiger partial charge >= 0.3 is 19.8 Å². The Bertz CT molecular complexity index is 2070. The van der Waals surface area contributed by atoms with Gasteiger partial charge in [0.15, 0.2) is 6.10 Å². The van der Waals surface area contributed by atoms with Crippen molar-refractivity contribution in [3.8, 4) is 0 Å². The van der Waals surface area contributed by atoms with Gasteiger partial charge in [0.2, 0.25) is 0 Å². The first-order valence-electron chi connectivity index (χ1n) is 32.5. The number of quaternary nitrogens is 1. The molecule has 10 heteroatoms. The molecule has 0 aromatic heterocycles. The Hall–Kier alpha value is -4.89. The van der Waals surface area contributed by atoms with E-state index in [4.69, 9.17) is 18.5 Å². The number of rotatable bonds is 57. The molecule has 0 heterocycles. The molecule has 84 heavy (non-hydrogen) atoms. The Labute approximate surface area is 514 Å². The van der Waals surface area contributed by atoms with Gasteiger partial charge in [0, 0.05) is 12.8 Å². The number of phosphoric ester groups is 1. The van der Waals surface area contributed by atoms with Gasteiger partial charge in [-0.2, -0.15) is 0 Å². The van der Waals surface area contributed by atoms with Crippen LogP contribution in [-0.4, -0.2) is 74.9 Å². The summed E-state index contributed by atoms with van der Waals surface area (Å²) in [5.41, 5.74) is 0. The number of phosphoric acid groups is 1. The van der Waals surface area contributed by atoms with Crippen LogP contribution >= 0.6 is 7.82 Å². The third-order valence-corrected chi connectivity index (χ3v) is 13.9. The molecule has 0 saturated heterocycles. The minimum atomic E-state index is -4.41. The summed E-state index contributed by atoms with van der Waals surface area (Å²) in [6.07, 6.45) is 96.8. The van der Waals surface area contributed by atoms with E-state index in [0.717, 1.165) is 154 Å². The average molecular weight is 1180 g/mol. The summed E-state index contributed by atoms with van der Waals surface area (Å²) in [4.78, 5) is 35.8. The second-order valence-electron chi connectivity index (χ2n) is 22.0. The van der Waals surface area contributed by atoms with Gasteiger partial charge < -0.3 is 18.9 Å². The first-order chi connectivity index (χ1) is 41.0. The van der Waals surface area contributed by atoms with E-state index in [-0.39, 0.29) is 26.1 Å². The molecule has 0 spiro atoms. The first kappa shape index (κ1) is 79.1. The van der Waals surface area contributed by atoms with Crippen molar-refractivity contribution < 1.29 is 42.1 Å². The third kappa shape index (κ3) is 66.3. The SMILES string of the molecule is CC/C=C\C/C=C\C/C=C\C/C=C\C/C=C\C/C=C\C/C=C\C/C=C\CCCCCCCCCCC(=O)OC(COC(=O)CCCCCCC/C=C\C/C=C\C/C=C\C/C=C\C/C=C\C/C=C\C/C=C\CC)COP(=O)(O)OCC[N+](C)(C)C. The zero-order valence-corrected chi connectivity index (χ0v) is 54.4. The molecule has 0 aliphatic carbocycles. The van der Waals surface area contributed by atoms with Crippen molar-refractivity contribution in [2.75, 3.05) is 47.5 Å². The van der Waals surface area contributed by atoms with Crippen molar-refractivity contribution >= 4 is 19.8 Å². The van der Waals surface area contributed by atoms with Gasteiger partial charge in [0.05, 0.1) is 27.7 Å². The molecule has 0 aromatic rings. The number of carbonyl (C=O) groups excluding carboxylic acids is 2. The zero-order chi connectivity index (χ0) is 61.2. The molecule has 0 rings (SSSR count). The van der Waals surface area contributed by atoms with E-state index in [9.17, 15) is 19.0 Å². The molecule has 2 atom stereocenters. The maximum absolute atomic E-state index is 12.9. The molecule has 0 aliphatic rings. The van der Waals surface area contributed by atoms with Gasteiger partial charge in [0.25, 0.3) is 0 Å². The van der Waals surface area contributed by atoms with Crippen LogP contribution in [0.2, 0.25) is 0 Å². The maximum atomic E-state index is 12.9. The Morgan fingerprint density at radius 3 is 0.952 bits per heavy atom. The zero-order valence-electron chi connectivity index (χ0n) is 53.6. The van der Waals surface area contributed by atoms with Gasteiger partial charge in [0.1, 0.15) is 19.8 Å². The molecular weight excluding hydrogens is 1060 g/mol. The molecule has 9 nitrogen and oxygen atoms in total. The average Bonchev–Trinajstić information content (AvgIpc) is 3.61. The standard InChI is InChI=1S/C74H118NO8P/c1-6-8-10-12-14-16-18-20-22-24-26-28-30-32-34-35-36-37-38-39-41-43-45-47-49-51-53-55-57-59-61-63-65-67-74(77)83-72(71-82-84(78,79)81-69-68-75(3,4)5)70-80-73(76)66-64-62-60-58-56-54-52-50-48-46-44-42-40-33-31-29-27-25-23-21-19-17-15-13-11-9-7-2/h8-11,14-17,20-23,26-29,32-34,36-37,39-41,44-47,50,52,72H,6-7,12-13,18-19,24-25,30-31,35,38,42-43,48-49,51,53-71H2,1-5H3/p+1/b10-8-,11-9-,16-14-,17-15-,22-20-,23-21-,28-26-,29-27-,34-32-,37-36-,40-33-,41-39-,46-44-,47-45-,52-50-. The molecule has 0 bridgehead atoms. The van der Waals surface area contributed by atoms with E-state index >= 15 is 0 Å². The van der Waals surface area contributed by atoms with Crippen molar-refractivity contribution in [2.24, 2.45) is 0 Å². The van der Waals surface area contributed by atoms with Crippen LogP contribution in [0, 0.1) is 0 Å². The normalized spacial score (nSPS) is 14.4. The van der Waals surface area contributed by atoms with Gasteiger partial charge in [-0.05, 0) is 135 Å². The smallest absolute Gasteiger partial charge is 0.462 e. The number of ether oxygens (including phenoxy) is 2. The highest BCUT2D eigenvalue weighted by molar-refractivity contribution is 7.47. The van der Waals surface area contributed by atoms with Crippen LogP contribution in [0.4, 0.5) is 0 Å². The third-order valence-electron chi connectivity index (χ3n) is 12.9. The molecular formula is C74H119NO8P+. The minimum absolute atomic E-state index is 0.0155. The summed E-state index contributed by atoms with van der Waals surface area (Å²) in [6, 6.07) is 0. The Morgan fingerprint density at radius 1 is 0.369 bits per heavy atom. The summed E-state index contributed by atoms with van der Waals surface area (Å²) >= 11 is 0. The Kier molecular flexibility index (Phi) is 59.0. The summed E-state index contributed by atoms with van der Waals surface area (Å²) in [5, 5.41) is 0. The van der Waals surface area contributed by atoms with Crippen LogP contribution in [0.15, 0.2) is 182 Å². The topological polar surface area (TPSA) is 108 Å². The number of carbonyl (C=O) groups is 2. The van der Waals surface area contributed by atoms with Crippen LogP contribution in [0.25, 0.3) is 0 Å². The highest BCUT2D eigenvalue weighted by Crippen LogP contribution is 2.43. The number of esters is 2. The molecule has 0 fully saturated rings. The van der Waals surface area contributed by atoms with E-state index in [2.05, 4.69) is 196 Å². The van der Waals surface area contributed by atoms with E-state index < -0.39 is 32.5 Å². The second kappa shape index (κ2) is 62.6. The number of unbranched alkanes of at least 4 members (excludes halogenated alkanes) is 13. The van der Waals surface area contributed by atoms with Gasteiger partial charge in [-0.3, -0.25) is 18.6 Å². The van der Waals surface area contributed by atoms with E-state index in [0.29, 0.717) is 23.9 Å². The van der Waals surface area contributed by atoms with Crippen molar-refractivity contribution in [3.05, 3.63) is 182 Å². The van der Waals surface area contributed by atoms with Crippen LogP contribution in [0.3, 0.4) is 0 Å². The van der Waals surface area contributed by atoms with Crippen LogP contribution in [-0.2, 0) is 32.7 Å². The fourth-order valence-corrected chi connectivity index (χ4v) is 8.75. The molecule has 1 N–H and O–H groups in total. The number of hydrogen-bond acceptors (Lipinski definition) is 7. The summed E-state index contributed by atoms with van der Waals surface area (Å²) in [7, 11) is 1.43. The van der Waals surface area contributed by atoms with Crippen molar-refractivity contribution in [3.63, 3.8) is 0 Å². The predicted molar refractivity (Wildman–Crippen MR) is 362 cm³/mol. The monoisotopic (exact) mass is 1180 g/mol. The molecule has 2 unspecified atom stereocenters. The molecule has 0 aromatic carbocycles. The molecule has 0 saturated carbocycles. The predicted octanol–water partition coefficient (Wildman–Crippen LogP) is 21.1. The highest BCUT2D eigenvalue weighted by atomic mass is 31.2. The van der Waals surface area contributed by atoms with Gasteiger partial charge in [-0.15, -0.1) is 0 Å². The highest BCUT2D eigenvalue weighted by Gasteiger charge is 2.27. The van der Waals surface area contributed by atoms with Crippen molar-refractivity contribution in [2.45, 2.75) is 225 Å². The molecule has 0 aliphatic heterocycles. The number of allylic oxidation sites excluding steroid dienone is 30. The second-order valence-corrected chi connectivity index (χ2v) is 23.5. The minimum Gasteiger partial charge on any atom is -0.462 e. The van der Waals surface area contributed by atoms with Crippen molar-refractivity contribution in [1.82, 2.24) is 0 Å². The lowest BCUT2D eigenvalue weighted by Crippen LogP contribution is -2.37. The van der Waals surface area contributed by atoms with Crippen LogP contribution in [0.1, 0.15) is 219 Å². The number of nitrogens with zero attached hydrogens (tertiary/aromatic N) is 1. The fourth-order valence-electron chi connectivity index (χ4n) is 8.01. The van der Waals surface area contributed by atoms with E-state index in [1.54, 1.807) is 0 Å². The number of likely N-dealkylation sites (N-methyl/N-ethyl adjacent to an activating group) is 1. The lowest BCUT2D eigenvalue weighted by molar-refractivity contribution is -0.870. The van der Waals surface area contributed by atoms with Gasteiger partial charge in [-0.1, -0.05) is 254 Å². The summed E-state index contributed by atoms with van der Waals surface area (Å²) in [5.74, 6) is -0.844. The van der Waals surface area contributed by atoms with Crippen LogP contribution in [0.5, 0.6) is 0 Å². The number of hydrogen-bond donors (Lipinski definition) is 1. The van der Waals surface area contributed by atoms with E-state index in [1.165, 1.54) is 25.7 Å². The Morgan fingerprint density at radius 2 is 0.643 bits per heavy atom. The maximum Gasteiger partial charge on any atom is 0.472 e. The lowest BCUT2D eigenvalue weighted by Gasteiger charge is -2.24. The molecule has 472 valence electrons. The summed E-state index contributed by atoms with van der Waals surface area (Å²) in [6.45, 7) is 4.14. The Balaban J connectivity index is 4.24. The van der Waals surface area contributed by atoms with E-state index in [1.807, 2.05) is 21.1 Å². The largest absolute Gasteiger partial charge is 0.472 e. The summed E-state index contributed by atoms with van der Waals surface area (Å²) < 4.78 is 34.6. The molecule has 0 amide bonds. The first-order valence-corrected chi connectivity index (χ1v) is 34.0. The molecule has 0 radical (unpaired) electrons.